The van der Waals surface area contributed by atoms with E-state index in [4.69, 9.17) is 21.1 Å². The average Bonchev–Trinajstić information content (AvgIpc) is 2.72. The fourth-order valence-corrected chi connectivity index (χ4v) is 4.16. The third kappa shape index (κ3) is 5.29. The normalized spacial score (nSPS) is 13.0. The highest BCUT2D eigenvalue weighted by molar-refractivity contribution is 7.89. The second-order valence-corrected chi connectivity index (χ2v) is 8.45. The SMILES string of the molecule is C=CCNC(=O)c1cccc(S(=O)(=O)NCCc2cc(Cl)c3c(c2)OCCO3)c1. The topological polar surface area (TPSA) is 93.7 Å². The number of sulfonamides is 1. The minimum absolute atomic E-state index is 0.0176. The van der Waals surface area contributed by atoms with Gasteiger partial charge in [0.1, 0.15) is 13.2 Å². The Bertz CT molecular complexity index is 1020. The number of halogens is 1. The molecule has 0 aliphatic carbocycles. The molecule has 2 aromatic rings. The van der Waals surface area contributed by atoms with Crippen molar-refractivity contribution in [2.75, 3.05) is 26.3 Å². The van der Waals surface area contributed by atoms with Gasteiger partial charge in [-0.15, -0.1) is 6.58 Å². The van der Waals surface area contributed by atoms with Crippen molar-refractivity contribution in [3.05, 3.63) is 65.2 Å². The lowest BCUT2D eigenvalue weighted by atomic mass is 10.1. The number of hydrogen-bond acceptors (Lipinski definition) is 5. The Hall–Kier alpha value is -2.55. The van der Waals surface area contributed by atoms with Gasteiger partial charge >= 0.3 is 0 Å². The van der Waals surface area contributed by atoms with Crippen LogP contribution in [0.25, 0.3) is 0 Å². The van der Waals surface area contributed by atoms with Crippen LogP contribution in [0.1, 0.15) is 15.9 Å². The molecule has 154 valence electrons. The first-order chi connectivity index (χ1) is 13.9. The van der Waals surface area contributed by atoms with E-state index in [0.717, 1.165) is 5.56 Å². The monoisotopic (exact) mass is 436 g/mol. The Labute approximate surface area is 174 Å². The number of benzene rings is 2. The van der Waals surface area contributed by atoms with Gasteiger partial charge in [0.15, 0.2) is 11.5 Å². The standard InChI is InChI=1S/C20H21ClN2O5S/c1-2-7-22-20(24)15-4-3-5-16(13-15)29(25,26)23-8-6-14-11-17(21)19-18(12-14)27-9-10-28-19/h2-5,11-13,23H,1,6-10H2,(H,22,24). The Balaban J connectivity index is 1.65. The van der Waals surface area contributed by atoms with E-state index in [1.165, 1.54) is 18.2 Å². The maximum absolute atomic E-state index is 12.6. The van der Waals surface area contributed by atoms with E-state index in [2.05, 4.69) is 16.6 Å². The largest absolute Gasteiger partial charge is 0.486 e. The third-order valence-corrected chi connectivity index (χ3v) is 5.92. The molecule has 0 fully saturated rings. The van der Waals surface area contributed by atoms with Crippen molar-refractivity contribution in [2.45, 2.75) is 11.3 Å². The summed E-state index contributed by atoms with van der Waals surface area (Å²) in [5, 5.41) is 3.04. The zero-order chi connectivity index (χ0) is 20.9. The van der Waals surface area contributed by atoms with E-state index in [-0.39, 0.29) is 22.9 Å². The van der Waals surface area contributed by atoms with Gasteiger partial charge in [0.05, 0.1) is 9.92 Å². The first-order valence-corrected chi connectivity index (χ1v) is 10.8. The number of carbonyl (C=O) groups is 1. The highest BCUT2D eigenvalue weighted by Gasteiger charge is 2.18. The van der Waals surface area contributed by atoms with Crippen molar-refractivity contribution in [2.24, 2.45) is 0 Å². The quantitative estimate of drug-likeness (QED) is 0.620. The summed E-state index contributed by atoms with van der Waals surface area (Å²) in [6.45, 7) is 4.86. The number of ether oxygens (including phenoxy) is 2. The summed E-state index contributed by atoms with van der Waals surface area (Å²) in [5.74, 6) is 0.696. The molecule has 0 radical (unpaired) electrons. The molecule has 1 aliphatic heterocycles. The van der Waals surface area contributed by atoms with Gasteiger partial charge in [-0.25, -0.2) is 13.1 Å². The second kappa shape index (κ2) is 9.30. The molecule has 0 spiro atoms. The van der Waals surface area contributed by atoms with Crippen molar-refractivity contribution in [3.8, 4) is 11.5 Å². The lowest BCUT2D eigenvalue weighted by Gasteiger charge is -2.20. The molecule has 9 heteroatoms. The minimum atomic E-state index is -3.77. The number of nitrogens with one attached hydrogen (secondary N) is 2. The van der Waals surface area contributed by atoms with E-state index in [1.54, 1.807) is 24.3 Å². The van der Waals surface area contributed by atoms with Crippen LogP contribution in [-0.4, -0.2) is 40.6 Å². The van der Waals surface area contributed by atoms with Crippen LogP contribution in [0.15, 0.2) is 53.9 Å². The molecule has 0 atom stereocenters. The van der Waals surface area contributed by atoms with Crippen LogP contribution in [0.2, 0.25) is 5.02 Å². The van der Waals surface area contributed by atoms with Gasteiger partial charge in [-0.2, -0.15) is 0 Å². The molecule has 0 bridgehead atoms. The second-order valence-electron chi connectivity index (χ2n) is 6.28. The van der Waals surface area contributed by atoms with Gasteiger partial charge in [0.2, 0.25) is 10.0 Å². The number of carbonyl (C=O) groups excluding carboxylic acids is 1. The Morgan fingerprint density at radius 1 is 1.21 bits per heavy atom. The zero-order valence-corrected chi connectivity index (χ0v) is 17.2. The summed E-state index contributed by atoms with van der Waals surface area (Å²) in [6.07, 6.45) is 1.96. The lowest BCUT2D eigenvalue weighted by Crippen LogP contribution is -2.27. The zero-order valence-electron chi connectivity index (χ0n) is 15.6. The summed E-state index contributed by atoms with van der Waals surface area (Å²) >= 11 is 6.21. The lowest BCUT2D eigenvalue weighted by molar-refractivity contribution is 0.0958. The van der Waals surface area contributed by atoms with Crippen molar-refractivity contribution < 1.29 is 22.7 Å². The van der Waals surface area contributed by atoms with Gasteiger partial charge in [-0.3, -0.25) is 4.79 Å². The first-order valence-electron chi connectivity index (χ1n) is 8.97. The van der Waals surface area contributed by atoms with Gasteiger partial charge in [-0.1, -0.05) is 23.7 Å². The average molecular weight is 437 g/mol. The molecule has 2 aromatic carbocycles. The summed E-state index contributed by atoms with van der Waals surface area (Å²) < 4.78 is 38.7. The summed E-state index contributed by atoms with van der Waals surface area (Å²) in [5.41, 5.74) is 1.08. The van der Waals surface area contributed by atoms with Crippen LogP contribution >= 0.6 is 11.6 Å². The number of amides is 1. The van der Waals surface area contributed by atoms with E-state index < -0.39 is 10.0 Å². The molecule has 0 aromatic heterocycles. The predicted octanol–water partition coefficient (Wildman–Crippen LogP) is 2.55. The molecular weight excluding hydrogens is 416 g/mol. The molecule has 3 rings (SSSR count). The molecule has 0 saturated carbocycles. The fraction of sp³-hybridized carbons (Fsp3) is 0.250. The maximum atomic E-state index is 12.6. The number of hydrogen-bond donors (Lipinski definition) is 2. The molecular formula is C20H21ClN2O5S. The summed E-state index contributed by atoms with van der Waals surface area (Å²) in [4.78, 5) is 12.0. The molecule has 1 aliphatic rings. The summed E-state index contributed by atoms with van der Waals surface area (Å²) in [7, 11) is -3.77. The van der Waals surface area contributed by atoms with Gasteiger partial charge in [-0.05, 0) is 42.3 Å². The predicted molar refractivity (Wildman–Crippen MR) is 110 cm³/mol. The molecule has 7 nitrogen and oxygen atoms in total. The van der Waals surface area contributed by atoms with Crippen LogP contribution in [0.4, 0.5) is 0 Å². The van der Waals surface area contributed by atoms with E-state index in [0.29, 0.717) is 42.7 Å². The maximum Gasteiger partial charge on any atom is 0.251 e. The first kappa shape index (κ1) is 21.2. The van der Waals surface area contributed by atoms with Crippen molar-refractivity contribution in [3.63, 3.8) is 0 Å². The summed E-state index contributed by atoms with van der Waals surface area (Å²) in [6, 6.07) is 9.37. The number of fused-ring (bicyclic) bond motifs is 1. The Kier molecular flexibility index (Phi) is 6.79. The van der Waals surface area contributed by atoms with Crippen LogP contribution in [0.3, 0.4) is 0 Å². The van der Waals surface area contributed by atoms with E-state index >= 15 is 0 Å². The third-order valence-electron chi connectivity index (χ3n) is 4.18. The smallest absolute Gasteiger partial charge is 0.251 e. The van der Waals surface area contributed by atoms with Crippen LogP contribution in [0, 0.1) is 0 Å². The van der Waals surface area contributed by atoms with E-state index in [9.17, 15) is 13.2 Å². The molecule has 1 amide bonds. The van der Waals surface area contributed by atoms with Crippen LogP contribution < -0.4 is 19.5 Å². The van der Waals surface area contributed by atoms with Gasteiger partial charge in [0.25, 0.3) is 5.91 Å². The Morgan fingerprint density at radius 2 is 2.00 bits per heavy atom. The molecule has 2 N–H and O–H groups in total. The molecule has 0 saturated heterocycles. The minimum Gasteiger partial charge on any atom is -0.486 e. The highest BCUT2D eigenvalue weighted by Crippen LogP contribution is 2.38. The number of rotatable bonds is 8. The van der Waals surface area contributed by atoms with Gasteiger partial charge < -0.3 is 14.8 Å². The Morgan fingerprint density at radius 3 is 2.79 bits per heavy atom. The van der Waals surface area contributed by atoms with Crippen LogP contribution in [0.5, 0.6) is 11.5 Å². The highest BCUT2D eigenvalue weighted by atomic mass is 35.5. The molecule has 29 heavy (non-hydrogen) atoms. The van der Waals surface area contributed by atoms with Crippen LogP contribution in [-0.2, 0) is 16.4 Å². The molecule has 1 heterocycles. The fourth-order valence-electron chi connectivity index (χ4n) is 2.79. The molecule has 0 unspecified atom stereocenters. The van der Waals surface area contributed by atoms with Crippen molar-refractivity contribution in [1.29, 1.82) is 0 Å². The van der Waals surface area contributed by atoms with Crippen molar-refractivity contribution in [1.82, 2.24) is 10.0 Å². The van der Waals surface area contributed by atoms with Crippen molar-refractivity contribution >= 4 is 27.5 Å². The van der Waals surface area contributed by atoms with E-state index in [1.807, 2.05) is 0 Å². The van der Waals surface area contributed by atoms with Gasteiger partial charge in [0, 0.05) is 18.7 Å².